The molecular weight excluding hydrogens is 323 g/mol. The maximum absolute atomic E-state index is 12.5. The van der Waals surface area contributed by atoms with Crippen LogP contribution in [0.3, 0.4) is 0 Å². The summed E-state index contributed by atoms with van der Waals surface area (Å²) in [5, 5.41) is 3.81. The zero-order valence-corrected chi connectivity index (χ0v) is 14.2. The van der Waals surface area contributed by atoms with E-state index in [0.29, 0.717) is 30.5 Å². The minimum atomic E-state index is -0.286. The van der Waals surface area contributed by atoms with Gasteiger partial charge in [0.2, 0.25) is 5.91 Å². The van der Waals surface area contributed by atoms with Crippen molar-refractivity contribution in [1.82, 2.24) is 5.32 Å². The summed E-state index contributed by atoms with van der Waals surface area (Å²) in [6.07, 6.45) is 2.95. The van der Waals surface area contributed by atoms with Gasteiger partial charge in [-0.3, -0.25) is 4.79 Å². The van der Waals surface area contributed by atoms with Gasteiger partial charge in [-0.05, 0) is 55.9 Å². The topological polar surface area (TPSA) is 64.3 Å². The number of benzene rings is 1. The molecule has 1 fully saturated rings. The normalized spacial score (nSPS) is 22.6. The highest BCUT2D eigenvalue weighted by atomic mass is 35.5. The van der Waals surface area contributed by atoms with E-state index < -0.39 is 0 Å². The third kappa shape index (κ3) is 3.50. The van der Waals surface area contributed by atoms with Gasteiger partial charge in [0.1, 0.15) is 12.4 Å². The maximum Gasteiger partial charge on any atom is 0.227 e. The van der Waals surface area contributed by atoms with Gasteiger partial charge in [0.05, 0.1) is 11.5 Å². The molecule has 2 atom stereocenters. The minimum Gasteiger partial charge on any atom is -0.492 e. The molecule has 122 valence electrons. The van der Waals surface area contributed by atoms with Gasteiger partial charge >= 0.3 is 0 Å². The van der Waals surface area contributed by atoms with Crippen molar-refractivity contribution in [3.8, 4) is 5.75 Å². The van der Waals surface area contributed by atoms with Gasteiger partial charge in [-0.15, -0.1) is 12.4 Å². The first-order valence-corrected chi connectivity index (χ1v) is 7.83. The Morgan fingerprint density at radius 3 is 2.86 bits per heavy atom. The number of nitrogens with one attached hydrogen (secondary N) is 1. The monoisotopic (exact) mass is 344 g/mol. The number of hydrogen-bond acceptors (Lipinski definition) is 3. The summed E-state index contributed by atoms with van der Waals surface area (Å²) in [6, 6.07) is 5.54. The summed E-state index contributed by atoms with van der Waals surface area (Å²) in [4.78, 5) is 12.5. The largest absolute Gasteiger partial charge is 0.492 e. The molecule has 0 saturated heterocycles. The van der Waals surface area contributed by atoms with E-state index in [1.54, 1.807) is 6.07 Å². The second-order valence-corrected chi connectivity index (χ2v) is 6.79. The van der Waals surface area contributed by atoms with E-state index in [4.69, 9.17) is 22.1 Å². The molecule has 0 bridgehead atoms. The third-order valence-electron chi connectivity index (χ3n) is 4.61. The smallest absolute Gasteiger partial charge is 0.227 e. The zero-order chi connectivity index (χ0) is 15.0. The second kappa shape index (κ2) is 6.65. The lowest BCUT2D eigenvalue weighted by Crippen LogP contribution is -2.55. The van der Waals surface area contributed by atoms with Crippen molar-refractivity contribution in [2.75, 3.05) is 13.2 Å². The molecule has 22 heavy (non-hydrogen) atoms. The second-order valence-electron chi connectivity index (χ2n) is 6.35. The third-order valence-corrected chi connectivity index (χ3v) is 4.85. The molecule has 0 aromatic heterocycles. The summed E-state index contributed by atoms with van der Waals surface area (Å²) in [5.74, 6) is 1.19. The molecule has 1 aliphatic heterocycles. The quantitative estimate of drug-likeness (QED) is 0.882. The molecule has 3 N–H and O–H groups in total. The highest BCUT2D eigenvalue weighted by molar-refractivity contribution is 6.30. The molecule has 1 aromatic carbocycles. The Bertz CT molecular complexity index is 563. The highest BCUT2D eigenvalue weighted by Gasteiger charge is 2.42. The average molecular weight is 345 g/mol. The maximum atomic E-state index is 12.5. The van der Waals surface area contributed by atoms with E-state index in [2.05, 4.69) is 5.32 Å². The molecule has 0 spiro atoms. The molecule has 0 radical (unpaired) electrons. The number of halogens is 2. The molecule has 4 nitrogen and oxygen atoms in total. The lowest BCUT2D eigenvalue weighted by molar-refractivity contribution is -0.128. The van der Waals surface area contributed by atoms with Crippen LogP contribution in [0.25, 0.3) is 0 Å². The van der Waals surface area contributed by atoms with Crippen LogP contribution < -0.4 is 15.8 Å². The predicted molar refractivity (Wildman–Crippen MR) is 89.7 cm³/mol. The van der Waals surface area contributed by atoms with E-state index in [0.717, 1.165) is 24.2 Å². The summed E-state index contributed by atoms with van der Waals surface area (Å²) in [6.45, 7) is 2.92. The first-order chi connectivity index (χ1) is 10.0. The van der Waals surface area contributed by atoms with Crippen molar-refractivity contribution in [1.29, 1.82) is 0 Å². The van der Waals surface area contributed by atoms with Gasteiger partial charge in [0.25, 0.3) is 0 Å². The Labute approximate surface area is 142 Å². The summed E-state index contributed by atoms with van der Waals surface area (Å²) >= 11 is 6.01. The van der Waals surface area contributed by atoms with Crippen LogP contribution in [0.2, 0.25) is 5.02 Å². The molecule has 1 aromatic rings. The number of amides is 1. The van der Waals surface area contributed by atoms with Crippen LogP contribution in [-0.2, 0) is 11.2 Å². The molecule has 1 aliphatic carbocycles. The summed E-state index contributed by atoms with van der Waals surface area (Å²) < 4.78 is 5.69. The van der Waals surface area contributed by atoms with Crippen molar-refractivity contribution in [3.63, 3.8) is 0 Å². The SMILES string of the molecule is CC(CN)(NC(=O)C1COc2ccc(Cl)cc2C1)C1CC1.Cl. The summed E-state index contributed by atoms with van der Waals surface area (Å²) in [5.41, 5.74) is 6.57. The summed E-state index contributed by atoms with van der Waals surface area (Å²) in [7, 11) is 0. The van der Waals surface area contributed by atoms with Crippen molar-refractivity contribution in [2.24, 2.45) is 17.6 Å². The van der Waals surface area contributed by atoms with E-state index in [9.17, 15) is 4.79 Å². The van der Waals surface area contributed by atoms with E-state index in [-0.39, 0.29) is 29.8 Å². The number of fused-ring (bicyclic) bond motifs is 1. The fraction of sp³-hybridized carbons (Fsp3) is 0.562. The van der Waals surface area contributed by atoms with Crippen molar-refractivity contribution in [2.45, 2.75) is 31.7 Å². The Morgan fingerprint density at radius 2 is 2.23 bits per heavy atom. The van der Waals surface area contributed by atoms with Gasteiger partial charge in [0.15, 0.2) is 0 Å². The Morgan fingerprint density at radius 1 is 1.50 bits per heavy atom. The van der Waals surface area contributed by atoms with E-state index in [1.807, 2.05) is 19.1 Å². The highest BCUT2D eigenvalue weighted by Crippen LogP contribution is 2.39. The lowest BCUT2D eigenvalue weighted by atomic mass is 9.92. The number of carbonyl (C=O) groups is 1. The standard InChI is InChI=1S/C16H21ClN2O2.ClH/c1-16(9-18,12-2-3-12)19-15(20)11-6-10-7-13(17)4-5-14(10)21-8-11;/h4-5,7,11-12H,2-3,6,8-9,18H2,1H3,(H,19,20);1H. The number of nitrogens with two attached hydrogens (primary N) is 1. The fourth-order valence-corrected chi connectivity index (χ4v) is 3.15. The van der Waals surface area contributed by atoms with Crippen LogP contribution in [0, 0.1) is 11.8 Å². The first-order valence-electron chi connectivity index (χ1n) is 7.45. The van der Waals surface area contributed by atoms with Crippen LogP contribution in [-0.4, -0.2) is 24.6 Å². The first kappa shape index (κ1) is 17.4. The molecule has 3 rings (SSSR count). The number of rotatable bonds is 4. The van der Waals surface area contributed by atoms with Crippen LogP contribution in [0.15, 0.2) is 18.2 Å². The fourth-order valence-electron chi connectivity index (χ4n) is 2.96. The molecule has 6 heteroatoms. The minimum absolute atomic E-state index is 0. The number of hydrogen-bond donors (Lipinski definition) is 2. The zero-order valence-electron chi connectivity index (χ0n) is 12.6. The molecule has 1 amide bonds. The van der Waals surface area contributed by atoms with Crippen LogP contribution in [0.1, 0.15) is 25.3 Å². The Kier molecular flexibility index (Phi) is 5.25. The van der Waals surface area contributed by atoms with Gasteiger partial charge in [-0.25, -0.2) is 0 Å². The Balaban J connectivity index is 0.00000176. The van der Waals surface area contributed by atoms with Crippen molar-refractivity contribution >= 4 is 29.9 Å². The average Bonchev–Trinajstić information content (AvgIpc) is 3.31. The molecule has 2 aliphatic rings. The molecule has 1 saturated carbocycles. The van der Waals surface area contributed by atoms with Gasteiger partial charge < -0.3 is 15.8 Å². The Hall–Kier alpha value is -0.970. The van der Waals surface area contributed by atoms with Gasteiger partial charge in [-0.1, -0.05) is 11.6 Å². The van der Waals surface area contributed by atoms with E-state index in [1.165, 1.54) is 0 Å². The van der Waals surface area contributed by atoms with Crippen LogP contribution in [0.5, 0.6) is 5.75 Å². The van der Waals surface area contributed by atoms with Crippen molar-refractivity contribution < 1.29 is 9.53 Å². The number of ether oxygens (including phenoxy) is 1. The van der Waals surface area contributed by atoms with Crippen molar-refractivity contribution in [3.05, 3.63) is 28.8 Å². The van der Waals surface area contributed by atoms with Crippen LogP contribution >= 0.6 is 24.0 Å². The van der Waals surface area contributed by atoms with Gasteiger partial charge in [-0.2, -0.15) is 0 Å². The lowest BCUT2D eigenvalue weighted by Gasteiger charge is -2.33. The van der Waals surface area contributed by atoms with Crippen LogP contribution in [0.4, 0.5) is 0 Å². The predicted octanol–water partition coefficient (Wildman–Crippen LogP) is 2.56. The molecular formula is C16H22Cl2N2O2. The molecule has 2 unspecified atom stereocenters. The molecule has 1 heterocycles. The van der Waals surface area contributed by atoms with E-state index >= 15 is 0 Å². The number of carbonyl (C=O) groups excluding carboxylic acids is 1. The van der Waals surface area contributed by atoms with Gasteiger partial charge in [0, 0.05) is 11.6 Å².